The maximum atomic E-state index is 12.3. The molecule has 0 fully saturated rings. The Hall–Kier alpha value is -0.440. The molecule has 0 saturated carbocycles. The first-order chi connectivity index (χ1) is 4.98. The summed E-state index contributed by atoms with van der Waals surface area (Å²) in [6.45, 7) is 3.63. The molecule has 0 aliphatic rings. The Bertz CT molecular complexity index is 139. The Balaban J connectivity index is 4.37. The lowest BCUT2D eigenvalue weighted by atomic mass is 9.82. The Morgan fingerprint density at radius 3 is 2.18 bits per heavy atom. The SMILES string of the molecule is CC(C)C(=O)C(C)(CO)CF. The molecule has 1 atom stereocenters. The average Bonchev–Trinajstić information content (AvgIpc) is 2.01. The molecule has 0 aromatic rings. The molecule has 0 heterocycles. The number of aliphatic hydroxyl groups is 1. The second kappa shape index (κ2) is 3.81. The summed E-state index contributed by atoms with van der Waals surface area (Å²) in [4.78, 5) is 11.2. The average molecular weight is 162 g/mol. The monoisotopic (exact) mass is 162 g/mol. The third-order valence-electron chi connectivity index (χ3n) is 1.76. The Morgan fingerprint density at radius 2 is 2.09 bits per heavy atom. The zero-order valence-corrected chi connectivity index (χ0v) is 7.22. The van der Waals surface area contributed by atoms with Crippen LogP contribution < -0.4 is 0 Å². The van der Waals surface area contributed by atoms with Gasteiger partial charge in [-0.1, -0.05) is 13.8 Å². The lowest BCUT2D eigenvalue weighted by Crippen LogP contribution is -2.36. The van der Waals surface area contributed by atoms with E-state index in [0.29, 0.717) is 0 Å². The minimum atomic E-state index is -1.19. The van der Waals surface area contributed by atoms with Gasteiger partial charge < -0.3 is 5.11 Å². The van der Waals surface area contributed by atoms with E-state index in [1.54, 1.807) is 13.8 Å². The molecule has 2 nitrogen and oxygen atoms in total. The number of ketones is 1. The summed E-state index contributed by atoms with van der Waals surface area (Å²) in [6.07, 6.45) is 0. The lowest BCUT2D eigenvalue weighted by molar-refractivity contribution is -0.134. The van der Waals surface area contributed by atoms with Crippen molar-refractivity contribution in [3.05, 3.63) is 0 Å². The molecule has 0 aliphatic heterocycles. The largest absolute Gasteiger partial charge is 0.395 e. The molecule has 0 aromatic carbocycles. The van der Waals surface area contributed by atoms with Gasteiger partial charge in [-0.05, 0) is 6.92 Å². The van der Waals surface area contributed by atoms with E-state index in [-0.39, 0.29) is 11.7 Å². The number of carbonyl (C=O) groups excluding carboxylic acids is 1. The van der Waals surface area contributed by atoms with Gasteiger partial charge in [-0.2, -0.15) is 0 Å². The molecule has 0 radical (unpaired) electrons. The second-order valence-electron chi connectivity index (χ2n) is 3.37. The fourth-order valence-corrected chi connectivity index (χ4v) is 0.883. The van der Waals surface area contributed by atoms with E-state index in [2.05, 4.69) is 0 Å². The van der Waals surface area contributed by atoms with Gasteiger partial charge in [0, 0.05) is 5.92 Å². The van der Waals surface area contributed by atoms with Crippen LogP contribution in [0.3, 0.4) is 0 Å². The molecule has 0 aliphatic carbocycles. The molecule has 0 rings (SSSR count). The highest BCUT2D eigenvalue weighted by atomic mass is 19.1. The van der Waals surface area contributed by atoms with Crippen LogP contribution in [0.5, 0.6) is 0 Å². The molecular weight excluding hydrogens is 147 g/mol. The van der Waals surface area contributed by atoms with Crippen LogP contribution in [0.25, 0.3) is 0 Å². The van der Waals surface area contributed by atoms with Crippen molar-refractivity contribution in [3.8, 4) is 0 Å². The first-order valence-corrected chi connectivity index (χ1v) is 3.69. The maximum absolute atomic E-state index is 12.3. The van der Waals surface area contributed by atoms with Gasteiger partial charge in [0.1, 0.15) is 12.5 Å². The number of hydrogen-bond acceptors (Lipinski definition) is 2. The molecule has 0 saturated heterocycles. The summed E-state index contributed by atoms with van der Waals surface area (Å²) < 4.78 is 12.3. The second-order valence-corrected chi connectivity index (χ2v) is 3.37. The molecule has 66 valence electrons. The standard InChI is InChI=1S/C8H15FO2/c1-6(2)7(11)8(3,4-9)5-10/h6,10H,4-5H2,1-3H3. The predicted molar refractivity (Wildman–Crippen MR) is 41.0 cm³/mol. The van der Waals surface area contributed by atoms with Crippen LogP contribution in [0.15, 0.2) is 0 Å². The smallest absolute Gasteiger partial charge is 0.146 e. The van der Waals surface area contributed by atoms with Crippen LogP contribution in [0.1, 0.15) is 20.8 Å². The predicted octanol–water partition coefficient (Wildman–Crippen LogP) is 1.18. The van der Waals surface area contributed by atoms with E-state index in [9.17, 15) is 9.18 Å². The normalized spacial score (nSPS) is 16.5. The molecule has 0 amide bonds. The van der Waals surface area contributed by atoms with Crippen molar-refractivity contribution in [2.75, 3.05) is 13.3 Å². The summed E-state index contributed by atoms with van der Waals surface area (Å²) in [5.74, 6) is -0.439. The van der Waals surface area contributed by atoms with Crippen LogP contribution >= 0.6 is 0 Å². The van der Waals surface area contributed by atoms with Crippen molar-refractivity contribution in [3.63, 3.8) is 0 Å². The van der Waals surface area contributed by atoms with Crippen LogP contribution in [-0.2, 0) is 4.79 Å². The van der Waals surface area contributed by atoms with Gasteiger partial charge in [0.2, 0.25) is 0 Å². The van der Waals surface area contributed by atoms with Gasteiger partial charge in [-0.25, -0.2) is 4.39 Å². The van der Waals surface area contributed by atoms with E-state index in [1.807, 2.05) is 0 Å². The summed E-state index contributed by atoms with van der Waals surface area (Å²) in [5, 5.41) is 8.74. The van der Waals surface area contributed by atoms with Crippen molar-refractivity contribution in [2.24, 2.45) is 11.3 Å². The summed E-state index contributed by atoms with van der Waals surface area (Å²) in [5.41, 5.74) is -1.19. The maximum Gasteiger partial charge on any atom is 0.146 e. The van der Waals surface area contributed by atoms with Crippen molar-refractivity contribution < 1.29 is 14.3 Å². The van der Waals surface area contributed by atoms with Gasteiger partial charge in [0.05, 0.1) is 12.0 Å². The van der Waals surface area contributed by atoms with E-state index < -0.39 is 18.7 Å². The van der Waals surface area contributed by atoms with E-state index in [0.717, 1.165) is 0 Å². The van der Waals surface area contributed by atoms with E-state index >= 15 is 0 Å². The van der Waals surface area contributed by atoms with Crippen LogP contribution in [0.4, 0.5) is 4.39 Å². The zero-order valence-electron chi connectivity index (χ0n) is 7.22. The molecule has 0 aromatic heterocycles. The molecule has 0 spiro atoms. The van der Waals surface area contributed by atoms with Crippen molar-refractivity contribution in [1.82, 2.24) is 0 Å². The Labute approximate surface area is 66.4 Å². The molecule has 1 N–H and O–H groups in total. The van der Waals surface area contributed by atoms with Crippen LogP contribution in [-0.4, -0.2) is 24.2 Å². The van der Waals surface area contributed by atoms with Gasteiger partial charge in [-0.3, -0.25) is 4.79 Å². The lowest BCUT2D eigenvalue weighted by Gasteiger charge is -2.23. The summed E-state index contributed by atoms with van der Waals surface area (Å²) >= 11 is 0. The highest BCUT2D eigenvalue weighted by Gasteiger charge is 2.33. The third-order valence-corrected chi connectivity index (χ3v) is 1.76. The molecule has 0 bridgehead atoms. The first-order valence-electron chi connectivity index (χ1n) is 3.69. The minimum Gasteiger partial charge on any atom is -0.395 e. The van der Waals surface area contributed by atoms with Crippen LogP contribution in [0, 0.1) is 11.3 Å². The molecule has 1 unspecified atom stereocenters. The van der Waals surface area contributed by atoms with E-state index in [4.69, 9.17) is 5.11 Å². The number of carbonyl (C=O) groups is 1. The van der Waals surface area contributed by atoms with Gasteiger partial charge in [-0.15, -0.1) is 0 Å². The van der Waals surface area contributed by atoms with Gasteiger partial charge in [0.15, 0.2) is 0 Å². The fourth-order valence-electron chi connectivity index (χ4n) is 0.883. The quantitative estimate of drug-likeness (QED) is 0.674. The highest BCUT2D eigenvalue weighted by Crippen LogP contribution is 2.21. The summed E-state index contributed by atoms with van der Waals surface area (Å²) in [6, 6.07) is 0. The zero-order chi connectivity index (χ0) is 9.07. The summed E-state index contributed by atoms with van der Waals surface area (Å²) in [7, 11) is 0. The fraction of sp³-hybridized carbons (Fsp3) is 0.875. The highest BCUT2D eigenvalue weighted by molar-refractivity contribution is 5.86. The molecule has 3 heteroatoms. The van der Waals surface area contributed by atoms with Crippen molar-refractivity contribution in [1.29, 1.82) is 0 Å². The third kappa shape index (κ3) is 2.26. The molecule has 11 heavy (non-hydrogen) atoms. The minimum absolute atomic E-state index is 0.220. The topological polar surface area (TPSA) is 37.3 Å². The molecular formula is C8H15FO2. The number of hydrogen-bond donors (Lipinski definition) is 1. The number of halogens is 1. The first kappa shape index (κ1) is 10.6. The number of aliphatic hydroxyl groups excluding tert-OH is 1. The van der Waals surface area contributed by atoms with Gasteiger partial charge in [0.25, 0.3) is 0 Å². The van der Waals surface area contributed by atoms with Gasteiger partial charge >= 0.3 is 0 Å². The van der Waals surface area contributed by atoms with Crippen molar-refractivity contribution >= 4 is 5.78 Å². The van der Waals surface area contributed by atoms with Crippen LogP contribution in [0.2, 0.25) is 0 Å². The number of Topliss-reactive ketones (excluding diaryl/α,β-unsaturated/α-hetero) is 1. The number of rotatable bonds is 4. The Morgan fingerprint density at radius 1 is 1.64 bits per heavy atom. The van der Waals surface area contributed by atoms with Crippen molar-refractivity contribution in [2.45, 2.75) is 20.8 Å². The number of alkyl halides is 1. The Kier molecular flexibility index (Phi) is 3.66. The van der Waals surface area contributed by atoms with E-state index in [1.165, 1.54) is 6.92 Å².